The minimum Gasteiger partial charge on any atom is -0.339 e. The molecule has 2 N–H and O–H groups in total. The smallest absolute Gasteiger partial charge is 0.232 e. The summed E-state index contributed by atoms with van der Waals surface area (Å²) in [5.74, 6) is 3.36. The van der Waals surface area contributed by atoms with E-state index in [0.29, 0.717) is 11.7 Å². The first-order valence-electron chi connectivity index (χ1n) is 6.26. The second-order valence-corrected chi connectivity index (χ2v) is 5.98. The van der Waals surface area contributed by atoms with Crippen LogP contribution >= 0.6 is 11.8 Å². The quantitative estimate of drug-likeness (QED) is 0.902. The van der Waals surface area contributed by atoms with Crippen LogP contribution in [0.2, 0.25) is 0 Å². The van der Waals surface area contributed by atoms with Gasteiger partial charge < -0.3 is 10.3 Å². The van der Waals surface area contributed by atoms with E-state index >= 15 is 0 Å². The van der Waals surface area contributed by atoms with Crippen molar-refractivity contribution in [3.63, 3.8) is 0 Å². The molecule has 3 heterocycles. The minimum absolute atomic E-state index is 0.110. The first-order valence-corrected chi connectivity index (χ1v) is 7.41. The zero-order valence-electron chi connectivity index (χ0n) is 11.0. The zero-order chi connectivity index (χ0) is 13.4. The fourth-order valence-electron chi connectivity index (χ4n) is 2.29. The minimum atomic E-state index is 0.110. The Morgan fingerprint density at radius 2 is 1.95 bits per heavy atom. The van der Waals surface area contributed by atoms with Crippen LogP contribution in [-0.4, -0.2) is 32.7 Å². The van der Waals surface area contributed by atoms with Crippen LogP contribution in [0.3, 0.4) is 0 Å². The number of nitrogens with two attached hydrogens (primary N) is 1. The lowest BCUT2D eigenvalue weighted by Crippen LogP contribution is -2.26. The van der Waals surface area contributed by atoms with Gasteiger partial charge in [0.2, 0.25) is 11.7 Å². The molecule has 0 aromatic carbocycles. The summed E-state index contributed by atoms with van der Waals surface area (Å²) in [4.78, 5) is 8.84. The Labute approximate surface area is 116 Å². The lowest BCUT2D eigenvalue weighted by atomic mass is 10.1. The van der Waals surface area contributed by atoms with Gasteiger partial charge in [-0.15, -0.1) is 0 Å². The Morgan fingerprint density at radius 1 is 1.21 bits per heavy atom. The third-order valence-electron chi connectivity index (χ3n) is 3.22. The first kappa shape index (κ1) is 12.6. The van der Waals surface area contributed by atoms with Crippen LogP contribution in [0.1, 0.15) is 23.2 Å². The van der Waals surface area contributed by atoms with Crippen LogP contribution in [0.25, 0.3) is 11.4 Å². The highest BCUT2D eigenvalue weighted by Gasteiger charge is 2.31. The number of hydrogen-bond donors (Lipinski definition) is 1. The SMILES string of the molecule is Cc1cc(-c2noc(C3CSCC3N)n2)cc(C)n1. The van der Waals surface area contributed by atoms with E-state index < -0.39 is 0 Å². The van der Waals surface area contributed by atoms with Crippen LogP contribution in [-0.2, 0) is 0 Å². The molecule has 1 aliphatic heterocycles. The Morgan fingerprint density at radius 3 is 2.58 bits per heavy atom. The summed E-state index contributed by atoms with van der Waals surface area (Å²) in [6, 6.07) is 4.04. The zero-order valence-corrected chi connectivity index (χ0v) is 11.8. The van der Waals surface area contributed by atoms with Gasteiger partial charge in [0, 0.05) is 34.5 Å². The second-order valence-electron chi connectivity index (χ2n) is 4.90. The molecule has 1 fully saturated rings. The molecule has 0 amide bonds. The first-order chi connectivity index (χ1) is 9.13. The van der Waals surface area contributed by atoms with Crippen molar-refractivity contribution in [2.45, 2.75) is 25.8 Å². The summed E-state index contributed by atoms with van der Waals surface area (Å²) >= 11 is 1.83. The number of rotatable bonds is 2. The molecular weight excluding hydrogens is 260 g/mol. The number of aryl methyl sites for hydroxylation is 2. The van der Waals surface area contributed by atoms with E-state index in [9.17, 15) is 0 Å². The molecule has 6 heteroatoms. The highest BCUT2D eigenvalue weighted by atomic mass is 32.2. The molecule has 100 valence electrons. The van der Waals surface area contributed by atoms with E-state index in [0.717, 1.165) is 28.5 Å². The Hall–Kier alpha value is -1.40. The molecule has 5 nitrogen and oxygen atoms in total. The standard InChI is InChI=1S/C13H16N4OS/c1-7-3-9(4-8(2)15-7)12-16-13(18-17-12)10-5-19-6-11(10)14/h3-4,10-11H,5-6,14H2,1-2H3. The molecule has 1 saturated heterocycles. The number of hydrogen-bond acceptors (Lipinski definition) is 6. The molecule has 2 aromatic rings. The summed E-state index contributed by atoms with van der Waals surface area (Å²) in [7, 11) is 0. The van der Waals surface area contributed by atoms with Gasteiger partial charge >= 0.3 is 0 Å². The molecule has 1 aliphatic rings. The molecule has 0 aliphatic carbocycles. The third-order valence-corrected chi connectivity index (χ3v) is 4.44. The van der Waals surface area contributed by atoms with Gasteiger partial charge in [-0.25, -0.2) is 0 Å². The fraction of sp³-hybridized carbons (Fsp3) is 0.462. The number of pyridine rings is 1. The van der Waals surface area contributed by atoms with Gasteiger partial charge in [-0.1, -0.05) is 5.16 Å². The molecule has 19 heavy (non-hydrogen) atoms. The van der Waals surface area contributed by atoms with E-state index in [1.54, 1.807) is 0 Å². The van der Waals surface area contributed by atoms with Crippen LogP contribution in [0.4, 0.5) is 0 Å². The molecule has 0 spiro atoms. The van der Waals surface area contributed by atoms with Crippen molar-refractivity contribution in [1.29, 1.82) is 0 Å². The Balaban J connectivity index is 1.92. The monoisotopic (exact) mass is 276 g/mol. The molecule has 2 unspecified atom stereocenters. The van der Waals surface area contributed by atoms with Gasteiger partial charge in [0.1, 0.15) is 0 Å². The van der Waals surface area contributed by atoms with E-state index in [4.69, 9.17) is 10.3 Å². The number of thioether (sulfide) groups is 1. The van der Waals surface area contributed by atoms with Crippen LogP contribution in [0.5, 0.6) is 0 Å². The van der Waals surface area contributed by atoms with Gasteiger partial charge in [0.25, 0.3) is 0 Å². The molecule has 2 aromatic heterocycles. The van der Waals surface area contributed by atoms with Crippen molar-refractivity contribution in [2.75, 3.05) is 11.5 Å². The van der Waals surface area contributed by atoms with E-state index in [-0.39, 0.29) is 12.0 Å². The molecule has 2 atom stereocenters. The summed E-state index contributed by atoms with van der Waals surface area (Å²) in [6.45, 7) is 3.92. The van der Waals surface area contributed by atoms with E-state index in [1.807, 2.05) is 37.7 Å². The van der Waals surface area contributed by atoms with Gasteiger partial charge in [-0.2, -0.15) is 16.7 Å². The summed E-state index contributed by atoms with van der Waals surface area (Å²) in [5, 5.41) is 4.07. The van der Waals surface area contributed by atoms with Gasteiger partial charge in [0.15, 0.2) is 0 Å². The fourth-order valence-corrected chi connectivity index (χ4v) is 3.58. The van der Waals surface area contributed by atoms with Crippen molar-refractivity contribution in [1.82, 2.24) is 15.1 Å². The normalized spacial score (nSPS) is 22.9. The number of nitrogens with zero attached hydrogens (tertiary/aromatic N) is 3. The van der Waals surface area contributed by atoms with Crippen molar-refractivity contribution in [3.05, 3.63) is 29.4 Å². The van der Waals surface area contributed by atoms with Crippen molar-refractivity contribution < 1.29 is 4.52 Å². The largest absolute Gasteiger partial charge is 0.339 e. The summed E-state index contributed by atoms with van der Waals surface area (Å²) < 4.78 is 5.38. The molecule has 0 saturated carbocycles. The molecule has 0 bridgehead atoms. The van der Waals surface area contributed by atoms with Crippen molar-refractivity contribution in [2.24, 2.45) is 5.73 Å². The maximum absolute atomic E-state index is 6.05. The van der Waals surface area contributed by atoms with Crippen molar-refractivity contribution >= 4 is 11.8 Å². The van der Waals surface area contributed by atoms with Gasteiger partial charge in [0.05, 0.1) is 5.92 Å². The van der Waals surface area contributed by atoms with Crippen LogP contribution < -0.4 is 5.73 Å². The van der Waals surface area contributed by atoms with Gasteiger partial charge in [-0.3, -0.25) is 4.98 Å². The number of aromatic nitrogens is 3. The Kier molecular flexibility index (Phi) is 3.28. The predicted octanol–water partition coefficient (Wildman–Crippen LogP) is 1.91. The average Bonchev–Trinajstić information content (AvgIpc) is 2.95. The lowest BCUT2D eigenvalue weighted by molar-refractivity contribution is 0.352. The highest BCUT2D eigenvalue weighted by molar-refractivity contribution is 7.99. The highest BCUT2D eigenvalue weighted by Crippen LogP contribution is 2.31. The van der Waals surface area contributed by atoms with Crippen LogP contribution in [0, 0.1) is 13.8 Å². The van der Waals surface area contributed by atoms with Crippen molar-refractivity contribution in [3.8, 4) is 11.4 Å². The lowest BCUT2D eigenvalue weighted by Gasteiger charge is -2.07. The van der Waals surface area contributed by atoms with Crippen LogP contribution in [0.15, 0.2) is 16.7 Å². The summed E-state index contributed by atoms with van der Waals surface area (Å²) in [5.41, 5.74) is 8.90. The predicted molar refractivity (Wildman–Crippen MR) is 75.0 cm³/mol. The Bertz CT molecular complexity index is 578. The third kappa shape index (κ3) is 2.50. The van der Waals surface area contributed by atoms with E-state index in [1.165, 1.54) is 0 Å². The van der Waals surface area contributed by atoms with Gasteiger partial charge in [-0.05, 0) is 26.0 Å². The molecule has 0 radical (unpaired) electrons. The molecular formula is C13H16N4OS. The maximum atomic E-state index is 6.05. The summed E-state index contributed by atoms with van der Waals surface area (Å²) in [6.07, 6.45) is 0. The maximum Gasteiger partial charge on any atom is 0.232 e. The second kappa shape index (κ2) is 4.94. The van der Waals surface area contributed by atoms with E-state index in [2.05, 4.69) is 15.1 Å². The average molecular weight is 276 g/mol. The molecule has 3 rings (SSSR count). The topological polar surface area (TPSA) is 77.8 Å².